The minimum absolute atomic E-state index is 0.00826. The van der Waals surface area contributed by atoms with Gasteiger partial charge in [0.2, 0.25) is 5.91 Å². The van der Waals surface area contributed by atoms with Crippen LogP contribution in [0.1, 0.15) is 24.2 Å². The fraction of sp³-hybridized carbons (Fsp3) is 0.583. The summed E-state index contributed by atoms with van der Waals surface area (Å²) in [6, 6.07) is 2.02. The maximum absolute atomic E-state index is 11.8. The lowest BCUT2D eigenvalue weighted by molar-refractivity contribution is -0.130. The van der Waals surface area contributed by atoms with Gasteiger partial charge in [-0.25, -0.2) is 0 Å². The van der Waals surface area contributed by atoms with Crippen LogP contribution in [-0.2, 0) is 11.3 Å². The molecular weight excluding hydrogens is 252 g/mol. The zero-order chi connectivity index (χ0) is 13.7. The summed E-state index contributed by atoms with van der Waals surface area (Å²) >= 11 is 6.03. The molecular formula is C12H17ClN4O. The normalized spacial score (nSPS) is 10.2. The number of hydrogen-bond donors (Lipinski definition) is 0. The van der Waals surface area contributed by atoms with Gasteiger partial charge in [0.1, 0.15) is 0 Å². The molecule has 0 fully saturated rings. The van der Waals surface area contributed by atoms with Crippen LogP contribution in [0.25, 0.3) is 0 Å². The Labute approximate surface area is 112 Å². The molecule has 0 aliphatic carbocycles. The van der Waals surface area contributed by atoms with Crippen molar-refractivity contribution in [3.8, 4) is 6.07 Å². The molecule has 1 aromatic rings. The van der Waals surface area contributed by atoms with E-state index in [0.717, 1.165) is 11.4 Å². The van der Waals surface area contributed by atoms with Gasteiger partial charge in [-0.2, -0.15) is 10.4 Å². The van der Waals surface area contributed by atoms with Crippen LogP contribution in [0.2, 0.25) is 5.02 Å². The standard InChI is InChI=1S/C12H17ClN4O/c1-9-12(13)10(2)17(15-9)8-5-11(18)16(3)7-4-6-14/h4-5,7-8H2,1-3H3. The molecule has 1 heterocycles. The van der Waals surface area contributed by atoms with Gasteiger partial charge in [0, 0.05) is 20.0 Å². The molecule has 0 saturated carbocycles. The van der Waals surface area contributed by atoms with Gasteiger partial charge in [-0.1, -0.05) is 11.6 Å². The van der Waals surface area contributed by atoms with Gasteiger partial charge in [0.25, 0.3) is 0 Å². The smallest absolute Gasteiger partial charge is 0.224 e. The maximum atomic E-state index is 11.8. The van der Waals surface area contributed by atoms with E-state index >= 15 is 0 Å². The topological polar surface area (TPSA) is 61.9 Å². The summed E-state index contributed by atoms with van der Waals surface area (Å²) in [7, 11) is 1.70. The van der Waals surface area contributed by atoms with Crippen LogP contribution in [0.15, 0.2) is 0 Å². The van der Waals surface area contributed by atoms with Crippen LogP contribution in [0.5, 0.6) is 0 Å². The Hall–Kier alpha value is -1.54. The van der Waals surface area contributed by atoms with Crippen molar-refractivity contribution < 1.29 is 4.79 Å². The van der Waals surface area contributed by atoms with Crippen molar-refractivity contribution in [1.82, 2.24) is 14.7 Å². The van der Waals surface area contributed by atoms with Crippen LogP contribution in [-0.4, -0.2) is 34.2 Å². The van der Waals surface area contributed by atoms with Gasteiger partial charge in [-0.3, -0.25) is 9.48 Å². The second kappa shape index (κ2) is 6.41. The van der Waals surface area contributed by atoms with Gasteiger partial charge >= 0.3 is 0 Å². The lowest BCUT2D eigenvalue weighted by atomic mass is 10.3. The second-order valence-corrected chi connectivity index (χ2v) is 4.56. The molecule has 0 N–H and O–H groups in total. The number of amides is 1. The molecule has 0 saturated heterocycles. The molecule has 0 unspecified atom stereocenters. The summed E-state index contributed by atoms with van der Waals surface area (Å²) in [6.45, 7) is 4.70. The first-order valence-corrected chi connectivity index (χ1v) is 6.15. The first-order valence-electron chi connectivity index (χ1n) is 5.77. The number of hydrogen-bond acceptors (Lipinski definition) is 3. The van der Waals surface area contributed by atoms with Crippen LogP contribution in [0, 0.1) is 25.2 Å². The van der Waals surface area contributed by atoms with Crippen LogP contribution >= 0.6 is 11.6 Å². The van der Waals surface area contributed by atoms with Crippen molar-refractivity contribution in [3.05, 3.63) is 16.4 Å². The average molecular weight is 269 g/mol. The van der Waals surface area contributed by atoms with E-state index in [0.29, 0.717) is 31.0 Å². The minimum atomic E-state index is 0.00826. The minimum Gasteiger partial charge on any atom is -0.345 e. The van der Waals surface area contributed by atoms with E-state index in [1.54, 1.807) is 16.6 Å². The number of aromatic nitrogens is 2. The van der Waals surface area contributed by atoms with E-state index in [1.807, 2.05) is 19.9 Å². The predicted octanol–water partition coefficient (Wildman–Crippen LogP) is 1.92. The summed E-state index contributed by atoms with van der Waals surface area (Å²) in [4.78, 5) is 13.3. The summed E-state index contributed by atoms with van der Waals surface area (Å²) < 4.78 is 1.74. The van der Waals surface area contributed by atoms with E-state index in [1.165, 1.54) is 0 Å². The van der Waals surface area contributed by atoms with Gasteiger partial charge in [0.05, 0.1) is 35.4 Å². The van der Waals surface area contributed by atoms with Crippen molar-refractivity contribution in [2.45, 2.75) is 33.2 Å². The van der Waals surface area contributed by atoms with E-state index in [-0.39, 0.29) is 5.91 Å². The van der Waals surface area contributed by atoms with E-state index < -0.39 is 0 Å². The Morgan fingerprint density at radius 2 is 2.22 bits per heavy atom. The number of rotatable bonds is 5. The highest BCUT2D eigenvalue weighted by molar-refractivity contribution is 6.31. The SMILES string of the molecule is Cc1nn(CCC(=O)N(C)CCC#N)c(C)c1Cl. The number of aryl methyl sites for hydroxylation is 2. The Morgan fingerprint density at radius 3 is 2.72 bits per heavy atom. The fourth-order valence-corrected chi connectivity index (χ4v) is 1.76. The maximum Gasteiger partial charge on any atom is 0.224 e. The highest BCUT2D eigenvalue weighted by atomic mass is 35.5. The quantitative estimate of drug-likeness (QED) is 0.820. The monoisotopic (exact) mass is 268 g/mol. The second-order valence-electron chi connectivity index (χ2n) is 4.18. The first-order chi connectivity index (χ1) is 8.47. The number of carbonyl (C=O) groups is 1. The van der Waals surface area contributed by atoms with Crippen molar-refractivity contribution in [1.29, 1.82) is 5.26 Å². The summed E-state index contributed by atoms with van der Waals surface area (Å²) in [5.41, 5.74) is 1.65. The molecule has 1 rings (SSSR count). The first kappa shape index (κ1) is 14.5. The molecule has 6 heteroatoms. The highest BCUT2D eigenvalue weighted by Gasteiger charge is 2.12. The molecule has 5 nitrogen and oxygen atoms in total. The van der Waals surface area contributed by atoms with Gasteiger partial charge in [-0.05, 0) is 13.8 Å². The fourth-order valence-electron chi connectivity index (χ4n) is 1.63. The number of halogens is 1. The van der Waals surface area contributed by atoms with E-state index in [9.17, 15) is 4.79 Å². The highest BCUT2D eigenvalue weighted by Crippen LogP contribution is 2.19. The molecule has 0 bridgehead atoms. The molecule has 0 spiro atoms. The molecule has 0 aliphatic rings. The largest absolute Gasteiger partial charge is 0.345 e. The van der Waals surface area contributed by atoms with Gasteiger partial charge in [-0.15, -0.1) is 0 Å². The number of nitrogens with zero attached hydrogens (tertiary/aromatic N) is 4. The third kappa shape index (κ3) is 3.47. The van der Waals surface area contributed by atoms with Crippen molar-refractivity contribution in [2.75, 3.05) is 13.6 Å². The Morgan fingerprint density at radius 1 is 1.56 bits per heavy atom. The zero-order valence-corrected chi connectivity index (χ0v) is 11.7. The van der Waals surface area contributed by atoms with Crippen molar-refractivity contribution >= 4 is 17.5 Å². The Bertz CT molecular complexity index is 475. The van der Waals surface area contributed by atoms with Crippen molar-refractivity contribution in [3.63, 3.8) is 0 Å². The van der Waals surface area contributed by atoms with Gasteiger partial charge in [0.15, 0.2) is 0 Å². The number of nitriles is 1. The lowest BCUT2D eigenvalue weighted by Crippen LogP contribution is -2.28. The average Bonchev–Trinajstić information content (AvgIpc) is 2.60. The lowest BCUT2D eigenvalue weighted by Gasteiger charge is -2.15. The molecule has 98 valence electrons. The Kier molecular flexibility index (Phi) is 5.17. The van der Waals surface area contributed by atoms with E-state index in [4.69, 9.17) is 16.9 Å². The molecule has 18 heavy (non-hydrogen) atoms. The molecule has 0 atom stereocenters. The molecule has 0 aromatic carbocycles. The molecule has 0 aliphatic heterocycles. The summed E-state index contributed by atoms with van der Waals surface area (Å²) in [5, 5.41) is 13.4. The predicted molar refractivity (Wildman–Crippen MR) is 69.2 cm³/mol. The molecule has 1 amide bonds. The van der Waals surface area contributed by atoms with Crippen LogP contribution in [0.3, 0.4) is 0 Å². The summed E-state index contributed by atoms with van der Waals surface area (Å²) in [5.74, 6) is 0.00826. The van der Waals surface area contributed by atoms with E-state index in [2.05, 4.69) is 5.10 Å². The summed E-state index contributed by atoms with van der Waals surface area (Å²) in [6.07, 6.45) is 0.716. The third-order valence-electron chi connectivity index (χ3n) is 2.82. The molecule has 1 aromatic heterocycles. The molecule has 0 radical (unpaired) electrons. The van der Waals surface area contributed by atoms with Crippen LogP contribution < -0.4 is 0 Å². The van der Waals surface area contributed by atoms with Crippen LogP contribution in [0.4, 0.5) is 0 Å². The Balaban J connectivity index is 2.52. The number of carbonyl (C=O) groups excluding carboxylic acids is 1. The zero-order valence-electron chi connectivity index (χ0n) is 10.9. The van der Waals surface area contributed by atoms with Gasteiger partial charge < -0.3 is 4.90 Å². The third-order valence-corrected chi connectivity index (χ3v) is 3.36. The van der Waals surface area contributed by atoms with Crippen molar-refractivity contribution in [2.24, 2.45) is 0 Å².